The van der Waals surface area contributed by atoms with E-state index in [0.717, 1.165) is 59.2 Å². The molecular weight excluding hydrogens is 444 g/mol. The molecule has 1 spiro atoms. The van der Waals surface area contributed by atoms with Crippen LogP contribution < -0.4 is 5.32 Å². The molecule has 0 bridgehead atoms. The average molecular weight is 475 g/mol. The van der Waals surface area contributed by atoms with Crippen LogP contribution in [0, 0.1) is 25.2 Å². The van der Waals surface area contributed by atoms with E-state index in [1.165, 1.54) is 17.6 Å². The Bertz CT molecular complexity index is 1200. The Morgan fingerprint density at radius 2 is 1.65 bits per heavy atom. The molecule has 0 aliphatic heterocycles. The highest BCUT2D eigenvalue weighted by molar-refractivity contribution is 7.12. The van der Waals surface area contributed by atoms with Crippen LogP contribution in [0.15, 0.2) is 48.8 Å². The predicted molar refractivity (Wildman–Crippen MR) is 134 cm³/mol. The van der Waals surface area contributed by atoms with Crippen molar-refractivity contribution in [1.82, 2.24) is 10.3 Å². The zero-order valence-electron chi connectivity index (χ0n) is 19.9. The number of aromatic nitrogens is 1. The van der Waals surface area contributed by atoms with Crippen LogP contribution in [0.2, 0.25) is 0 Å². The van der Waals surface area contributed by atoms with Crippen LogP contribution >= 0.6 is 11.3 Å². The first-order valence-corrected chi connectivity index (χ1v) is 12.7. The second kappa shape index (κ2) is 8.99. The first-order valence-electron chi connectivity index (χ1n) is 11.8. The molecule has 2 aliphatic carbocycles. The van der Waals surface area contributed by atoms with Crippen molar-refractivity contribution in [3.8, 4) is 11.1 Å². The minimum absolute atomic E-state index is 0.0361. The van der Waals surface area contributed by atoms with Gasteiger partial charge in [-0.2, -0.15) is 0 Å². The van der Waals surface area contributed by atoms with Gasteiger partial charge in [0.25, 0.3) is 5.91 Å². The second-order valence-electron chi connectivity index (χ2n) is 9.88. The SMILES string of the molecule is COC(=O)C1CC2(CC(NC(=O)c3c(C)sc(C)c3Cc3ccc(-c4ccncc4)cc3)C2)C1. The average Bonchev–Trinajstić information content (AvgIpc) is 3.07. The number of rotatable bonds is 6. The normalized spacial score (nSPS) is 23.1. The first kappa shape index (κ1) is 22.8. The summed E-state index contributed by atoms with van der Waals surface area (Å²) in [4.78, 5) is 31.3. The number of nitrogens with zero attached hydrogens (tertiary/aromatic N) is 1. The summed E-state index contributed by atoms with van der Waals surface area (Å²) in [5.41, 5.74) is 5.69. The molecule has 0 atom stereocenters. The lowest BCUT2D eigenvalue weighted by atomic mass is 9.50. The lowest BCUT2D eigenvalue weighted by molar-refractivity contribution is -0.159. The number of methoxy groups -OCH3 is 1. The van der Waals surface area contributed by atoms with Gasteiger partial charge in [0.15, 0.2) is 0 Å². The number of carbonyl (C=O) groups is 2. The molecule has 2 saturated carbocycles. The summed E-state index contributed by atoms with van der Waals surface area (Å²) >= 11 is 1.70. The van der Waals surface area contributed by atoms with Gasteiger partial charge in [0.05, 0.1) is 18.6 Å². The Morgan fingerprint density at radius 1 is 1.00 bits per heavy atom. The van der Waals surface area contributed by atoms with Gasteiger partial charge in [-0.3, -0.25) is 14.6 Å². The maximum Gasteiger partial charge on any atom is 0.308 e. The molecule has 2 aromatic heterocycles. The molecule has 0 saturated heterocycles. The van der Waals surface area contributed by atoms with Gasteiger partial charge in [-0.25, -0.2) is 0 Å². The first-order chi connectivity index (χ1) is 16.4. The van der Waals surface area contributed by atoms with E-state index >= 15 is 0 Å². The maximum atomic E-state index is 13.3. The third-order valence-corrected chi connectivity index (χ3v) is 8.61. The maximum absolute atomic E-state index is 13.3. The molecule has 1 aromatic carbocycles. The van der Waals surface area contributed by atoms with Crippen LogP contribution in [0.3, 0.4) is 0 Å². The Hall–Kier alpha value is -2.99. The minimum atomic E-state index is -0.0964. The third kappa shape index (κ3) is 4.27. The molecule has 6 heteroatoms. The van der Waals surface area contributed by atoms with Crippen LogP contribution in [0.5, 0.6) is 0 Å². The molecule has 1 amide bonds. The lowest BCUT2D eigenvalue weighted by Crippen LogP contribution is -2.57. The van der Waals surface area contributed by atoms with Gasteiger partial charge in [-0.1, -0.05) is 24.3 Å². The fourth-order valence-electron chi connectivity index (χ4n) is 5.80. The fraction of sp³-hybridized carbons (Fsp3) is 0.393. The van der Waals surface area contributed by atoms with Crippen molar-refractivity contribution in [2.75, 3.05) is 7.11 Å². The number of hydrogen-bond acceptors (Lipinski definition) is 5. The number of pyridine rings is 1. The Kier molecular flexibility index (Phi) is 6.02. The summed E-state index contributed by atoms with van der Waals surface area (Å²) in [6.07, 6.45) is 8.05. The standard InChI is InChI=1S/C28H30N2O3S/c1-17-24(12-19-4-6-20(7-5-19)21-8-10-29-11-9-21)25(18(2)34-17)26(31)30-23-15-28(16-23)13-22(14-28)27(32)33-3/h4-11,22-23H,12-16H2,1-3H3,(H,30,31). The number of benzene rings is 1. The highest BCUT2D eigenvalue weighted by Gasteiger charge is 2.55. The van der Waals surface area contributed by atoms with E-state index in [-0.39, 0.29) is 29.3 Å². The fourth-order valence-corrected chi connectivity index (χ4v) is 6.88. The molecule has 176 valence electrons. The van der Waals surface area contributed by atoms with E-state index < -0.39 is 0 Å². The number of amides is 1. The van der Waals surface area contributed by atoms with E-state index in [1.54, 1.807) is 23.7 Å². The van der Waals surface area contributed by atoms with E-state index in [2.05, 4.69) is 41.5 Å². The summed E-state index contributed by atoms with van der Waals surface area (Å²) in [5.74, 6) is -0.0187. The van der Waals surface area contributed by atoms with Gasteiger partial charge >= 0.3 is 5.97 Å². The summed E-state index contributed by atoms with van der Waals surface area (Å²) in [7, 11) is 1.45. The number of ether oxygens (including phenoxy) is 1. The van der Waals surface area contributed by atoms with Crippen LogP contribution in [-0.4, -0.2) is 30.0 Å². The van der Waals surface area contributed by atoms with Crippen LogP contribution in [0.4, 0.5) is 0 Å². The highest BCUT2D eigenvalue weighted by atomic mass is 32.1. The highest BCUT2D eigenvalue weighted by Crippen LogP contribution is 2.59. The summed E-state index contributed by atoms with van der Waals surface area (Å²) in [6.45, 7) is 4.15. The topological polar surface area (TPSA) is 68.3 Å². The van der Waals surface area contributed by atoms with Crippen molar-refractivity contribution < 1.29 is 14.3 Å². The molecule has 1 N–H and O–H groups in total. The number of nitrogens with one attached hydrogen (secondary N) is 1. The number of carbonyl (C=O) groups excluding carboxylic acids is 2. The Balaban J connectivity index is 1.24. The number of thiophene rings is 1. The zero-order chi connectivity index (χ0) is 23.9. The second-order valence-corrected chi connectivity index (χ2v) is 11.3. The molecule has 3 aromatic rings. The largest absolute Gasteiger partial charge is 0.469 e. The number of hydrogen-bond donors (Lipinski definition) is 1. The molecule has 2 heterocycles. The van der Waals surface area contributed by atoms with Gasteiger partial charge in [-0.15, -0.1) is 11.3 Å². The summed E-state index contributed by atoms with van der Waals surface area (Å²) < 4.78 is 4.86. The smallest absolute Gasteiger partial charge is 0.308 e. The molecular formula is C28H30N2O3S. The Morgan fingerprint density at radius 3 is 2.29 bits per heavy atom. The van der Waals surface area contributed by atoms with Crippen LogP contribution in [-0.2, 0) is 16.0 Å². The van der Waals surface area contributed by atoms with Crippen molar-refractivity contribution >= 4 is 23.2 Å². The molecule has 0 unspecified atom stereocenters. The van der Waals surface area contributed by atoms with Gasteiger partial charge in [0, 0.05) is 28.2 Å². The van der Waals surface area contributed by atoms with Crippen LogP contribution in [0.25, 0.3) is 11.1 Å². The molecule has 5 nitrogen and oxygen atoms in total. The quantitative estimate of drug-likeness (QED) is 0.481. The van der Waals surface area contributed by atoms with Crippen molar-refractivity contribution in [3.05, 3.63) is 75.2 Å². The number of esters is 1. The Labute approximate surface area is 204 Å². The van der Waals surface area contributed by atoms with Gasteiger partial charge < -0.3 is 10.1 Å². The summed E-state index contributed by atoms with van der Waals surface area (Å²) in [5, 5.41) is 3.27. The molecule has 2 aliphatic rings. The molecule has 34 heavy (non-hydrogen) atoms. The van der Waals surface area contributed by atoms with E-state index in [0.29, 0.717) is 0 Å². The van der Waals surface area contributed by atoms with Gasteiger partial charge in [0.1, 0.15) is 0 Å². The zero-order valence-corrected chi connectivity index (χ0v) is 20.7. The number of aryl methyl sites for hydroxylation is 2. The monoisotopic (exact) mass is 474 g/mol. The molecule has 5 rings (SSSR count). The van der Waals surface area contributed by atoms with Gasteiger partial charge in [-0.05, 0) is 85.8 Å². The van der Waals surface area contributed by atoms with Crippen molar-refractivity contribution in [2.45, 2.75) is 52.0 Å². The lowest BCUT2D eigenvalue weighted by Gasteiger charge is -2.56. The molecule has 2 fully saturated rings. The summed E-state index contributed by atoms with van der Waals surface area (Å²) in [6, 6.07) is 12.8. The van der Waals surface area contributed by atoms with E-state index in [1.807, 2.05) is 19.1 Å². The third-order valence-electron chi connectivity index (χ3n) is 7.55. The van der Waals surface area contributed by atoms with Crippen molar-refractivity contribution in [2.24, 2.45) is 11.3 Å². The molecule has 0 radical (unpaired) electrons. The van der Waals surface area contributed by atoms with Gasteiger partial charge in [0.2, 0.25) is 0 Å². The minimum Gasteiger partial charge on any atom is -0.469 e. The van der Waals surface area contributed by atoms with Crippen molar-refractivity contribution in [3.63, 3.8) is 0 Å². The van der Waals surface area contributed by atoms with Crippen molar-refractivity contribution in [1.29, 1.82) is 0 Å². The predicted octanol–water partition coefficient (Wildman–Crippen LogP) is 5.48. The van der Waals surface area contributed by atoms with E-state index in [9.17, 15) is 9.59 Å². The van der Waals surface area contributed by atoms with Crippen LogP contribution in [0.1, 0.15) is 56.9 Å². The van der Waals surface area contributed by atoms with E-state index in [4.69, 9.17) is 4.74 Å².